The molecule has 1 aromatic carbocycles. The molecule has 0 saturated carbocycles. The molecule has 3 heterocycles. The lowest BCUT2D eigenvalue weighted by molar-refractivity contribution is 0.0942. The predicted octanol–water partition coefficient (Wildman–Crippen LogP) is 2.35. The highest BCUT2D eigenvalue weighted by Crippen LogP contribution is 2.19. The number of hydrogen-bond donors (Lipinski definition) is 1. The Bertz CT molecular complexity index is 1120. The highest BCUT2D eigenvalue weighted by atomic mass is 16.5. The molecule has 0 bridgehead atoms. The van der Waals surface area contributed by atoms with Gasteiger partial charge in [0.05, 0.1) is 18.7 Å². The van der Waals surface area contributed by atoms with Gasteiger partial charge in [-0.25, -0.2) is 4.98 Å². The summed E-state index contributed by atoms with van der Waals surface area (Å²) in [7, 11) is 1.80. The van der Waals surface area contributed by atoms with Crippen LogP contribution >= 0.6 is 0 Å². The van der Waals surface area contributed by atoms with E-state index in [1.54, 1.807) is 30.1 Å². The number of ether oxygens (including phenoxy) is 1. The number of hydrogen-bond acceptors (Lipinski definition) is 7. The number of aryl methyl sites for hydroxylation is 1. The number of para-hydroxylation sites is 1. The van der Waals surface area contributed by atoms with Crippen LogP contribution in [-0.4, -0.2) is 37.4 Å². The molecule has 0 unspecified atom stereocenters. The Hall–Kier alpha value is -3.75. The third-order valence-electron chi connectivity index (χ3n) is 4.13. The number of fused-ring (bicyclic) bond motifs is 1. The molecule has 0 radical (unpaired) electrons. The molecule has 1 N–H and O–H groups in total. The summed E-state index contributed by atoms with van der Waals surface area (Å²) in [5, 5.41) is 11.8. The fourth-order valence-electron chi connectivity index (χ4n) is 2.81. The average Bonchev–Trinajstić information content (AvgIpc) is 3.32. The molecule has 0 spiro atoms. The van der Waals surface area contributed by atoms with Crippen molar-refractivity contribution in [3.63, 3.8) is 0 Å². The molecule has 0 fully saturated rings. The van der Waals surface area contributed by atoms with Crippen LogP contribution in [0.2, 0.25) is 0 Å². The summed E-state index contributed by atoms with van der Waals surface area (Å²) >= 11 is 0. The molecule has 0 aliphatic carbocycles. The van der Waals surface area contributed by atoms with Crippen LogP contribution in [0.3, 0.4) is 0 Å². The lowest BCUT2D eigenvalue weighted by Crippen LogP contribution is -2.23. The van der Waals surface area contributed by atoms with Crippen LogP contribution in [0.1, 0.15) is 23.3 Å². The Morgan fingerprint density at radius 3 is 2.89 bits per heavy atom. The molecule has 0 atom stereocenters. The van der Waals surface area contributed by atoms with Crippen LogP contribution in [0, 0.1) is 0 Å². The summed E-state index contributed by atoms with van der Waals surface area (Å²) in [6, 6.07) is 11.1. The molecule has 0 saturated heterocycles. The van der Waals surface area contributed by atoms with E-state index in [9.17, 15) is 4.79 Å². The quantitative estimate of drug-likeness (QED) is 0.548. The maximum absolute atomic E-state index is 12.5. The zero-order chi connectivity index (χ0) is 19.5. The standard InChI is InChI=1S/C19H18N6O3/c1-3-27-15-9-8-12(10-20-15)18-22-16(28-24-18)11-21-19(26)17-13-6-4-5-7-14(13)25(2)23-17/h4-10H,3,11H2,1-2H3,(H,21,26). The molecule has 9 heteroatoms. The summed E-state index contributed by atoms with van der Waals surface area (Å²) < 4.78 is 12.2. The zero-order valence-electron chi connectivity index (χ0n) is 15.4. The second-order valence-corrected chi connectivity index (χ2v) is 6.00. The van der Waals surface area contributed by atoms with Crippen molar-refractivity contribution >= 4 is 16.8 Å². The minimum atomic E-state index is -0.306. The number of carbonyl (C=O) groups is 1. The molecule has 4 rings (SSSR count). The number of nitrogens with one attached hydrogen (secondary N) is 1. The number of benzene rings is 1. The van der Waals surface area contributed by atoms with Crippen LogP contribution in [0.5, 0.6) is 5.88 Å². The van der Waals surface area contributed by atoms with Gasteiger partial charge in [-0.15, -0.1) is 0 Å². The number of amides is 1. The minimum Gasteiger partial charge on any atom is -0.478 e. The summed E-state index contributed by atoms with van der Waals surface area (Å²) in [5.74, 6) is 0.907. The van der Waals surface area contributed by atoms with Gasteiger partial charge in [0, 0.05) is 30.3 Å². The first-order valence-electron chi connectivity index (χ1n) is 8.77. The van der Waals surface area contributed by atoms with Crippen molar-refractivity contribution in [3.05, 3.63) is 54.2 Å². The van der Waals surface area contributed by atoms with Gasteiger partial charge < -0.3 is 14.6 Å². The van der Waals surface area contributed by atoms with Crippen molar-refractivity contribution < 1.29 is 14.1 Å². The molecular formula is C19H18N6O3. The Morgan fingerprint density at radius 2 is 2.11 bits per heavy atom. The van der Waals surface area contributed by atoms with Gasteiger partial charge in [0.25, 0.3) is 5.91 Å². The first-order valence-corrected chi connectivity index (χ1v) is 8.77. The van der Waals surface area contributed by atoms with E-state index >= 15 is 0 Å². The highest BCUT2D eigenvalue weighted by molar-refractivity contribution is 6.04. The maximum Gasteiger partial charge on any atom is 0.272 e. The third-order valence-corrected chi connectivity index (χ3v) is 4.13. The largest absolute Gasteiger partial charge is 0.478 e. The first kappa shape index (κ1) is 17.7. The Balaban J connectivity index is 1.45. The van der Waals surface area contributed by atoms with Crippen molar-refractivity contribution in [2.45, 2.75) is 13.5 Å². The molecule has 4 aromatic rings. The molecule has 28 heavy (non-hydrogen) atoms. The van der Waals surface area contributed by atoms with Gasteiger partial charge in [0.1, 0.15) is 0 Å². The first-order chi connectivity index (χ1) is 13.7. The van der Waals surface area contributed by atoms with E-state index in [0.29, 0.717) is 29.6 Å². The fraction of sp³-hybridized carbons (Fsp3) is 0.211. The fourth-order valence-corrected chi connectivity index (χ4v) is 2.81. The van der Waals surface area contributed by atoms with Crippen molar-refractivity contribution in [1.82, 2.24) is 30.2 Å². The van der Waals surface area contributed by atoms with Crippen LogP contribution in [0.4, 0.5) is 0 Å². The Morgan fingerprint density at radius 1 is 1.25 bits per heavy atom. The zero-order valence-corrected chi connectivity index (χ0v) is 15.4. The smallest absolute Gasteiger partial charge is 0.272 e. The highest BCUT2D eigenvalue weighted by Gasteiger charge is 2.17. The topological polar surface area (TPSA) is 108 Å². The van der Waals surface area contributed by atoms with Gasteiger partial charge in [0.15, 0.2) is 5.69 Å². The van der Waals surface area contributed by atoms with Crippen LogP contribution in [-0.2, 0) is 13.6 Å². The number of aromatic nitrogens is 5. The van der Waals surface area contributed by atoms with Gasteiger partial charge in [-0.05, 0) is 19.1 Å². The van der Waals surface area contributed by atoms with Crippen LogP contribution in [0.15, 0.2) is 47.1 Å². The number of carbonyl (C=O) groups excluding carboxylic acids is 1. The van der Waals surface area contributed by atoms with Gasteiger partial charge in [-0.2, -0.15) is 10.1 Å². The van der Waals surface area contributed by atoms with Crippen molar-refractivity contribution in [3.8, 4) is 17.3 Å². The average molecular weight is 378 g/mol. The van der Waals surface area contributed by atoms with E-state index in [2.05, 4.69) is 25.5 Å². The number of nitrogens with zero attached hydrogens (tertiary/aromatic N) is 5. The normalized spacial score (nSPS) is 10.9. The Labute approximate surface area is 160 Å². The second-order valence-electron chi connectivity index (χ2n) is 6.00. The van der Waals surface area contributed by atoms with E-state index in [4.69, 9.17) is 9.26 Å². The van der Waals surface area contributed by atoms with Crippen molar-refractivity contribution in [1.29, 1.82) is 0 Å². The lowest BCUT2D eigenvalue weighted by atomic mass is 10.2. The van der Waals surface area contributed by atoms with E-state index in [1.807, 2.05) is 31.2 Å². The monoisotopic (exact) mass is 378 g/mol. The van der Waals surface area contributed by atoms with Crippen LogP contribution in [0.25, 0.3) is 22.3 Å². The molecule has 1 amide bonds. The molecule has 3 aromatic heterocycles. The van der Waals surface area contributed by atoms with E-state index in [-0.39, 0.29) is 18.3 Å². The van der Waals surface area contributed by atoms with Crippen molar-refractivity contribution in [2.24, 2.45) is 7.05 Å². The predicted molar refractivity (Wildman–Crippen MR) is 101 cm³/mol. The minimum absolute atomic E-state index is 0.0984. The summed E-state index contributed by atoms with van der Waals surface area (Å²) in [6.45, 7) is 2.54. The second kappa shape index (κ2) is 7.47. The summed E-state index contributed by atoms with van der Waals surface area (Å²) in [4.78, 5) is 21.0. The summed E-state index contributed by atoms with van der Waals surface area (Å²) in [6.07, 6.45) is 1.61. The van der Waals surface area contributed by atoms with Gasteiger partial charge >= 0.3 is 0 Å². The summed E-state index contributed by atoms with van der Waals surface area (Å²) in [5.41, 5.74) is 1.93. The lowest BCUT2D eigenvalue weighted by Gasteiger charge is -2.01. The molecule has 142 valence electrons. The van der Waals surface area contributed by atoms with Gasteiger partial charge in [-0.3, -0.25) is 9.48 Å². The van der Waals surface area contributed by atoms with Crippen LogP contribution < -0.4 is 10.1 Å². The van der Waals surface area contributed by atoms with E-state index in [1.165, 1.54) is 0 Å². The van der Waals surface area contributed by atoms with E-state index < -0.39 is 0 Å². The molecular weight excluding hydrogens is 360 g/mol. The molecule has 0 aliphatic rings. The van der Waals surface area contributed by atoms with Gasteiger partial charge in [-0.1, -0.05) is 23.4 Å². The maximum atomic E-state index is 12.5. The van der Waals surface area contributed by atoms with E-state index in [0.717, 1.165) is 10.9 Å². The Kier molecular flexibility index (Phi) is 4.71. The third kappa shape index (κ3) is 3.41. The molecule has 9 nitrogen and oxygen atoms in total. The SMILES string of the molecule is CCOc1ccc(-c2noc(CNC(=O)c3nn(C)c4ccccc34)n2)cn1. The number of rotatable bonds is 6. The molecule has 0 aliphatic heterocycles. The van der Waals surface area contributed by atoms with Crippen molar-refractivity contribution in [2.75, 3.05) is 6.61 Å². The van der Waals surface area contributed by atoms with Gasteiger partial charge in [0.2, 0.25) is 17.6 Å². The number of pyridine rings is 1.